The second-order valence-corrected chi connectivity index (χ2v) is 11.4. The first-order valence-electron chi connectivity index (χ1n) is 10.7. The summed E-state index contributed by atoms with van der Waals surface area (Å²) in [7, 11) is -3.42. The van der Waals surface area contributed by atoms with Crippen LogP contribution in [0, 0.1) is 19.7 Å². The van der Waals surface area contributed by atoms with Crippen molar-refractivity contribution in [2.75, 3.05) is 26.2 Å². The fourth-order valence-corrected chi connectivity index (χ4v) is 6.90. The lowest BCUT2D eigenvalue weighted by molar-refractivity contribution is 0.206. The molecule has 0 saturated carbocycles. The number of piperidine rings is 1. The van der Waals surface area contributed by atoms with Crippen LogP contribution in [-0.2, 0) is 10.0 Å². The van der Waals surface area contributed by atoms with Gasteiger partial charge in [-0.25, -0.2) is 17.5 Å². The number of nitrogens with zero attached hydrogens (tertiary/aromatic N) is 2. The zero-order valence-electron chi connectivity index (χ0n) is 17.9. The summed E-state index contributed by atoms with van der Waals surface area (Å²) in [5, 5.41) is 5.11. The Morgan fingerprint density at radius 1 is 1.23 bits per heavy atom. The van der Waals surface area contributed by atoms with Crippen LogP contribution in [0.25, 0.3) is 11.0 Å². The van der Waals surface area contributed by atoms with E-state index in [-0.39, 0.29) is 5.82 Å². The number of hydrogen-bond acceptors (Lipinski definition) is 6. The number of hydrogen-bond donors (Lipinski definition) is 1. The van der Waals surface area contributed by atoms with E-state index in [0.717, 1.165) is 66.2 Å². The number of aromatic nitrogens is 1. The number of likely N-dealkylation sites (tertiary alicyclic amines) is 1. The molecule has 1 fully saturated rings. The topological polar surface area (TPSA) is 75.4 Å². The summed E-state index contributed by atoms with van der Waals surface area (Å²) in [6, 6.07) is 6.33. The highest BCUT2D eigenvalue weighted by Gasteiger charge is 2.25. The molecule has 0 unspecified atom stereocenters. The van der Waals surface area contributed by atoms with Crippen molar-refractivity contribution in [2.24, 2.45) is 0 Å². The SMILES string of the molecule is Cc1cc(S(=O)(=O)NCCCCN2CCC(c3noc4cc(F)ccc34)CC2)c(C)s1. The number of nitrogens with one attached hydrogen (secondary N) is 1. The van der Waals surface area contributed by atoms with Crippen molar-refractivity contribution in [3.8, 4) is 0 Å². The minimum atomic E-state index is -3.42. The molecule has 3 heterocycles. The maximum Gasteiger partial charge on any atom is 0.241 e. The zero-order chi connectivity index (χ0) is 22.0. The van der Waals surface area contributed by atoms with Crippen molar-refractivity contribution in [2.45, 2.75) is 50.3 Å². The Bertz CT molecular complexity index is 1150. The Labute approximate surface area is 186 Å². The van der Waals surface area contributed by atoms with E-state index in [1.165, 1.54) is 23.5 Å². The molecule has 2 aromatic heterocycles. The number of benzene rings is 1. The second kappa shape index (κ2) is 9.36. The number of thiophene rings is 1. The predicted octanol–water partition coefficient (Wildman–Crippen LogP) is 4.58. The van der Waals surface area contributed by atoms with E-state index in [2.05, 4.69) is 14.8 Å². The molecule has 0 atom stereocenters. The Morgan fingerprint density at radius 2 is 2.00 bits per heavy atom. The fraction of sp³-hybridized carbons (Fsp3) is 0.500. The van der Waals surface area contributed by atoms with Crippen molar-refractivity contribution in [3.05, 3.63) is 45.5 Å². The van der Waals surface area contributed by atoms with Crippen molar-refractivity contribution in [3.63, 3.8) is 0 Å². The van der Waals surface area contributed by atoms with Crippen molar-refractivity contribution < 1.29 is 17.3 Å². The summed E-state index contributed by atoms with van der Waals surface area (Å²) >= 11 is 1.51. The molecule has 1 aliphatic rings. The number of aryl methyl sites for hydroxylation is 2. The molecular formula is C22H28FN3O3S2. The molecule has 0 bridgehead atoms. The normalized spacial score (nSPS) is 16.4. The molecule has 0 amide bonds. The molecule has 4 rings (SSSR count). The van der Waals surface area contributed by atoms with Gasteiger partial charge in [-0.1, -0.05) is 5.16 Å². The van der Waals surface area contributed by atoms with Crippen LogP contribution in [0.5, 0.6) is 0 Å². The van der Waals surface area contributed by atoms with Crippen molar-refractivity contribution >= 4 is 32.3 Å². The lowest BCUT2D eigenvalue weighted by atomic mass is 9.91. The number of fused-ring (bicyclic) bond motifs is 1. The van der Waals surface area contributed by atoms with Crippen LogP contribution in [0.2, 0.25) is 0 Å². The van der Waals surface area contributed by atoms with Gasteiger partial charge in [0.05, 0.1) is 10.6 Å². The van der Waals surface area contributed by atoms with Gasteiger partial charge in [-0.2, -0.15) is 0 Å². The number of halogens is 1. The minimum absolute atomic E-state index is 0.312. The van der Waals surface area contributed by atoms with E-state index in [0.29, 0.717) is 22.9 Å². The van der Waals surface area contributed by atoms with E-state index in [1.54, 1.807) is 12.1 Å². The second-order valence-electron chi connectivity index (χ2n) is 8.21. The first-order chi connectivity index (χ1) is 14.8. The molecule has 168 valence electrons. The fourth-order valence-electron chi connectivity index (χ4n) is 4.27. The quantitative estimate of drug-likeness (QED) is 0.493. The number of rotatable bonds is 8. The van der Waals surface area contributed by atoms with E-state index in [9.17, 15) is 12.8 Å². The van der Waals surface area contributed by atoms with Crippen LogP contribution in [0.4, 0.5) is 4.39 Å². The van der Waals surface area contributed by atoms with Crippen LogP contribution in [0.3, 0.4) is 0 Å². The van der Waals surface area contributed by atoms with Gasteiger partial charge >= 0.3 is 0 Å². The standard InChI is InChI=1S/C22H28FN3O3S2/c1-15-13-21(16(2)30-15)31(27,28)24-9-3-4-10-26-11-7-17(8-12-26)22-19-6-5-18(23)14-20(19)29-25-22/h5-6,13-14,17,24H,3-4,7-12H2,1-2H3. The van der Waals surface area contributed by atoms with Crippen molar-refractivity contribution in [1.29, 1.82) is 0 Å². The van der Waals surface area contributed by atoms with Gasteiger partial charge < -0.3 is 9.42 Å². The van der Waals surface area contributed by atoms with Crippen LogP contribution in [0.15, 0.2) is 33.7 Å². The Balaban J connectivity index is 1.20. The van der Waals surface area contributed by atoms with Gasteiger partial charge in [-0.05, 0) is 77.4 Å². The Kier molecular flexibility index (Phi) is 6.76. The van der Waals surface area contributed by atoms with Crippen molar-refractivity contribution in [1.82, 2.24) is 14.8 Å². The summed E-state index contributed by atoms with van der Waals surface area (Å²) in [6.07, 6.45) is 3.73. The predicted molar refractivity (Wildman–Crippen MR) is 121 cm³/mol. The van der Waals surface area contributed by atoms with Gasteiger partial charge in [0.2, 0.25) is 10.0 Å². The number of unbranched alkanes of at least 4 members (excludes halogenated alkanes) is 1. The summed E-state index contributed by atoms with van der Waals surface area (Å²) in [6.45, 7) is 7.11. The highest BCUT2D eigenvalue weighted by molar-refractivity contribution is 7.89. The molecule has 0 spiro atoms. The van der Waals surface area contributed by atoms with Gasteiger partial charge in [0, 0.05) is 33.7 Å². The van der Waals surface area contributed by atoms with Gasteiger partial charge in [0.1, 0.15) is 5.82 Å². The highest BCUT2D eigenvalue weighted by Crippen LogP contribution is 2.32. The smallest absolute Gasteiger partial charge is 0.241 e. The molecule has 1 aromatic carbocycles. The van der Waals surface area contributed by atoms with E-state index < -0.39 is 10.0 Å². The first-order valence-corrected chi connectivity index (χ1v) is 13.0. The monoisotopic (exact) mass is 465 g/mol. The van der Waals surface area contributed by atoms with E-state index in [1.807, 2.05) is 13.8 Å². The van der Waals surface area contributed by atoms with Crippen LogP contribution in [0.1, 0.15) is 47.0 Å². The average Bonchev–Trinajstić information content (AvgIpc) is 3.30. The van der Waals surface area contributed by atoms with Crippen LogP contribution >= 0.6 is 11.3 Å². The largest absolute Gasteiger partial charge is 0.356 e. The Hall–Kier alpha value is -1.81. The lowest BCUT2D eigenvalue weighted by Gasteiger charge is -2.31. The van der Waals surface area contributed by atoms with Crippen LogP contribution in [-0.4, -0.2) is 44.7 Å². The molecule has 9 heteroatoms. The van der Waals surface area contributed by atoms with E-state index >= 15 is 0 Å². The molecule has 1 N–H and O–H groups in total. The molecule has 1 aliphatic heterocycles. The van der Waals surface area contributed by atoms with E-state index in [4.69, 9.17) is 4.52 Å². The zero-order valence-corrected chi connectivity index (χ0v) is 19.5. The molecule has 0 radical (unpaired) electrons. The molecule has 31 heavy (non-hydrogen) atoms. The number of sulfonamides is 1. The molecule has 0 aliphatic carbocycles. The Morgan fingerprint density at radius 3 is 2.71 bits per heavy atom. The maximum atomic E-state index is 13.4. The molecule has 6 nitrogen and oxygen atoms in total. The van der Waals surface area contributed by atoms with Gasteiger partial charge in [0.25, 0.3) is 0 Å². The summed E-state index contributed by atoms with van der Waals surface area (Å²) < 4.78 is 46.3. The lowest BCUT2D eigenvalue weighted by Crippen LogP contribution is -2.34. The maximum absolute atomic E-state index is 13.4. The third-order valence-corrected chi connectivity index (χ3v) is 8.60. The molecular weight excluding hydrogens is 437 g/mol. The summed E-state index contributed by atoms with van der Waals surface area (Å²) in [5.74, 6) is 0.0138. The molecule has 1 saturated heterocycles. The molecule has 3 aromatic rings. The minimum Gasteiger partial charge on any atom is -0.356 e. The highest BCUT2D eigenvalue weighted by atomic mass is 32.2. The summed E-state index contributed by atoms with van der Waals surface area (Å²) in [4.78, 5) is 4.66. The average molecular weight is 466 g/mol. The van der Waals surface area contributed by atoms with Gasteiger partial charge in [-0.15, -0.1) is 11.3 Å². The third kappa shape index (κ3) is 5.16. The van der Waals surface area contributed by atoms with Crippen LogP contribution < -0.4 is 4.72 Å². The summed E-state index contributed by atoms with van der Waals surface area (Å²) in [5.41, 5.74) is 1.44. The van der Waals surface area contributed by atoms with Gasteiger partial charge in [0.15, 0.2) is 5.58 Å². The third-order valence-electron chi connectivity index (χ3n) is 5.91. The first kappa shape index (κ1) is 22.4. The van der Waals surface area contributed by atoms with Gasteiger partial charge in [-0.3, -0.25) is 0 Å².